The van der Waals surface area contributed by atoms with Gasteiger partial charge in [0.1, 0.15) is 4.58 Å². The molecular weight excluding hydrogens is 364 g/mol. The maximum atomic E-state index is 12.9. The SMILES string of the molecule is O=S(=O)(c1ccccc1)C(C[B-](F)(F)F)S(=O)(=O)c1ccccc1. The summed E-state index contributed by atoms with van der Waals surface area (Å²) in [6, 6.07) is 12.5. The van der Waals surface area contributed by atoms with E-state index in [-0.39, 0.29) is 0 Å². The molecule has 2 aromatic carbocycles. The van der Waals surface area contributed by atoms with Crippen molar-refractivity contribution in [3.05, 3.63) is 60.7 Å². The highest BCUT2D eigenvalue weighted by Gasteiger charge is 2.44. The van der Waals surface area contributed by atoms with Gasteiger partial charge in [0.2, 0.25) is 0 Å². The maximum Gasteiger partial charge on any atom is 0.480 e. The van der Waals surface area contributed by atoms with E-state index in [1.54, 1.807) is 0 Å². The second-order valence-electron chi connectivity index (χ2n) is 5.09. The molecule has 0 amide bonds. The van der Waals surface area contributed by atoms with Gasteiger partial charge in [-0.15, -0.1) is 0 Å². The number of halogens is 3. The van der Waals surface area contributed by atoms with Gasteiger partial charge in [0, 0.05) is 0 Å². The molecule has 24 heavy (non-hydrogen) atoms. The fourth-order valence-electron chi connectivity index (χ4n) is 2.16. The molecule has 0 fully saturated rings. The average Bonchev–Trinajstić information content (AvgIpc) is 2.53. The van der Waals surface area contributed by atoms with E-state index < -0.39 is 47.3 Å². The number of benzene rings is 2. The van der Waals surface area contributed by atoms with Crippen LogP contribution in [-0.2, 0) is 19.7 Å². The van der Waals surface area contributed by atoms with E-state index >= 15 is 0 Å². The van der Waals surface area contributed by atoms with Crippen LogP contribution in [0.4, 0.5) is 12.9 Å². The lowest BCUT2D eigenvalue weighted by Gasteiger charge is -2.23. The van der Waals surface area contributed by atoms with Crippen molar-refractivity contribution in [1.29, 1.82) is 0 Å². The summed E-state index contributed by atoms with van der Waals surface area (Å²) in [5.74, 6) is 0. The van der Waals surface area contributed by atoms with Crippen LogP contribution < -0.4 is 0 Å². The van der Waals surface area contributed by atoms with Gasteiger partial charge in [-0.2, -0.15) is 0 Å². The fraction of sp³-hybridized carbons (Fsp3) is 0.143. The molecule has 0 aromatic heterocycles. The van der Waals surface area contributed by atoms with Gasteiger partial charge in [0.05, 0.1) is 9.79 Å². The number of hydrogen-bond acceptors (Lipinski definition) is 4. The molecule has 0 atom stereocenters. The Morgan fingerprint density at radius 2 is 1.04 bits per heavy atom. The van der Waals surface area contributed by atoms with E-state index in [1.165, 1.54) is 36.4 Å². The molecule has 2 rings (SSSR count). The summed E-state index contributed by atoms with van der Waals surface area (Å²) in [4.78, 5) is -0.927. The molecule has 0 saturated heterocycles. The van der Waals surface area contributed by atoms with Crippen LogP contribution in [0.3, 0.4) is 0 Å². The largest absolute Gasteiger partial charge is 0.480 e. The molecule has 0 unspecified atom stereocenters. The van der Waals surface area contributed by atoms with E-state index in [0.717, 1.165) is 24.3 Å². The van der Waals surface area contributed by atoms with E-state index in [9.17, 15) is 29.8 Å². The van der Waals surface area contributed by atoms with Crippen molar-refractivity contribution in [2.75, 3.05) is 0 Å². The summed E-state index contributed by atoms with van der Waals surface area (Å²) in [5, 5.41) is 0. The molecule has 0 aliphatic rings. The summed E-state index contributed by atoms with van der Waals surface area (Å²) in [5.41, 5.74) is 0. The molecule has 10 heteroatoms. The maximum absolute atomic E-state index is 12.9. The molecule has 0 N–H and O–H groups in total. The van der Waals surface area contributed by atoms with Gasteiger partial charge < -0.3 is 12.9 Å². The second kappa shape index (κ2) is 6.60. The molecule has 130 valence electrons. The molecule has 0 heterocycles. The lowest BCUT2D eigenvalue weighted by atomic mass is 9.88. The fourth-order valence-corrected chi connectivity index (χ4v) is 6.79. The van der Waals surface area contributed by atoms with Gasteiger partial charge in [-0.05, 0) is 24.3 Å². The molecule has 0 aliphatic heterocycles. The van der Waals surface area contributed by atoms with Crippen molar-refractivity contribution in [2.45, 2.75) is 20.7 Å². The van der Waals surface area contributed by atoms with Crippen molar-refractivity contribution in [3.63, 3.8) is 0 Å². The third-order valence-electron chi connectivity index (χ3n) is 3.30. The van der Waals surface area contributed by atoms with Crippen LogP contribution >= 0.6 is 0 Å². The zero-order valence-electron chi connectivity index (χ0n) is 12.2. The van der Waals surface area contributed by atoms with Crippen LogP contribution in [0.15, 0.2) is 70.5 Å². The zero-order chi connectivity index (χ0) is 18.0. The molecule has 0 aliphatic carbocycles. The first kappa shape index (κ1) is 18.5. The quantitative estimate of drug-likeness (QED) is 0.726. The number of sulfone groups is 2. The zero-order valence-corrected chi connectivity index (χ0v) is 13.9. The Balaban J connectivity index is 2.63. The van der Waals surface area contributed by atoms with Gasteiger partial charge in [-0.1, -0.05) is 42.7 Å². The van der Waals surface area contributed by atoms with E-state index in [0.29, 0.717) is 0 Å². The highest BCUT2D eigenvalue weighted by molar-refractivity contribution is 8.09. The predicted octanol–water partition coefficient (Wildman–Crippen LogP) is 3.11. The first-order chi connectivity index (χ1) is 11.0. The molecule has 0 radical (unpaired) electrons. The van der Waals surface area contributed by atoms with Crippen LogP contribution in [0.2, 0.25) is 6.32 Å². The van der Waals surface area contributed by atoms with Crippen molar-refractivity contribution in [3.8, 4) is 0 Å². The van der Waals surface area contributed by atoms with Crippen LogP contribution in [0, 0.1) is 0 Å². The summed E-state index contributed by atoms with van der Waals surface area (Å²) >= 11 is 0. The Hall–Kier alpha value is -1.81. The first-order valence-electron chi connectivity index (χ1n) is 6.84. The number of rotatable bonds is 6. The van der Waals surface area contributed by atoms with Crippen molar-refractivity contribution in [1.82, 2.24) is 0 Å². The normalized spacial score (nSPS) is 13.2. The average molecular weight is 377 g/mol. The number of hydrogen-bond donors (Lipinski definition) is 0. The van der Waals surface area contributed by atoms with Crippen molar-refractivity contribution < 1.29 is 29.8 Å². The van der Waals surface area contributed by atoms with E-state index in [2.05, 4.69) is 0 Å². The highest BCUT2D eigenvalue weighted by atomic mass is 32.3. The highest BCUT2D eigenvalue weighted by Crippen LogP contribution is 2.32. The van der Waals surface area contributed by atoms with Crippen LogP contribution in [0.1, 0.15) is 0 Å². The lowest BCUT2D eigenvalue weighted by molar-refractivity contribution is 0.467. The lowest BCUT2D eigenvalue weighted by Crippen LogP contribution is -2.36. The molecule has 0 saturated carbocycles. The molecule has 4 nitrogen and oxygen atoms in total. The second-order valence-corrected chi connectivity index (χ2v) is 9.65. The predicted molar refractivity (Wildman–Crippen MR) is 84.9 cm³/mol. The Bertz CT molecular complexity index is 827. The molecular formula is C14H13BF3O4S2-. The minimum Gasteiger partial charge on any atom is -0.449 e. The Morgan fingerprint density at radius 1 is 0.708 bits per heavy atom. The minimum absolute atomic E-state index is 0.463. The van der Waals surface area contributed by atoms with Crippen molar-refractivity contribution in [2.24, 2.45) is 0 Å². The van der Waals surface area contributed by atoms with Gasteiger partial charge in [0.15, 0.2) is 19.7 Å². The van der Waals surface area contributed by atoms with Gasteiger partial charge in [-0.3, -0.25) is 0 Å². The summed E-state index contributed by atoms with van der Waals surface area (Å²) < 4.78 is 86.4. The topological polar surface area (TPSA) is 68.3 Å². The van der Waals surface area contributed by atoms with E-state index in [1.807, 2.05) is 0 Å². The third-order valence-corrected chi connectivity index (χ3v) is 8.44. The van der Waals surface area contributed by atoms with Crippen LogP contribution in [0.5, 0.6) is 0 Å². The summed E-state index contributed by atoms with van der Waals surface area (Å²) in [6.45, 7) is -5.64. The summed E-state index contributed by atoms with van der Waals surface area (Å²) in [6.07, 6.45) is -1.92. The van der Waals surface area contributed by atoms with Crippen LogP contribution in [-0.4, -0.2) is 28.4 Å². The monoisotopic (exact) mass is 377 g/mol. The third kappa shape index (κ3) is 3.99. The Morgan fingerprint density at radius 3 is 1.33 bits per heavy atom. The van der Waals surface area contributed by atoms with Gasteiger partial charge in [-0.25, -0.2) is 16.8 Å². The van der Waals surface area contributed by atoms with Gasteiger partial charge in [0.25, 0.3) is 0 Å². The van der Waals surface area contributed by atoms with Crippen molar-refractivity contribution >= 4 is 26.7 Å². The standard InChI is InChI=1S/C14H13BF3O4S2/c16-15(17,18)11-14(23(19,20)12-7-3-1-4-8-12)24(21,22)13-9-5-2-6-10-13/h1-10,14H,11H2/q-1. The Labute approximate surface area is 138 Å². The molecule has 0 spiro atoms. The van der Waals surface area contributed by atoms with Gasteiger partial charge >= 0.3 is 6.98 Å². The first-order valence-corrected chi connectivity index (χ1v) is 9.93. The van der Waals surface area contributed by atoms with E-state index in [4.69, 9.17) is 0 Å². The minimum atomic E-state index is -5.64. The Kier molecular flexibility index (Phi) is 5.09. The smallest absolute Gasteiger partial charge is 0.449 e. The van der Waals surface area contributed by atoms with Crippen LogP contribution in [0.25, 0.3) is 0 Å². The molecule has 0 bridgehead atoms. The summed E-state index contributed by atoms with van der Waals surface area (Å²) in [7, 11) is -9.46. The molecule has 2 aromatic rings.